The molecule has 0 radical (unpaired) electrons. The molecule has 0 heterocycles. The summed E-state index contributed by atoms with van der Waals surface area (Å²) >= 11 is 0. The van der Waals surface area contributed by atoms with E-state index in [9.17, 15) is 4.79 Å². The first-order valence-corrected chi connectivity index (χ1v) is 7.76. The van der Waals surface area contributed by atoms with E-state index in [4.69, 9.17) is 0 Å². The van der Waals surface area contributed by atoms with Gasteiger partial charge in [0.1, 0.15) is 0 Å². The van der Waals surface area contributed by atoms with Gasteiger partial charge in [-0.3, -0.25) is 4.79 Å². The van der Waals surface area contributed by atoms with Crippen molar-refractivity contribution in [2.45, 2.75) is 72.1 Å². The Morgan fingerprint density at radius 1 is 0.947 bits per heavy atom. The average Bonchev–Trinajstić information content (AvgIpc) is 2.40. The summed E-state index contributed by atoms with van der Waals surface area (Å²) in [4.78, 5) is 12.2. The number of Topliss-reactive ketones (excluding diaryl/α,β-unsaturated/α-hetero) is 1. The first-order chi connectivity index (χ1) is 9.16. The number of unbranched alkanes of at least 4 members (excludes halogenated alkanes) is 6. The molecule has 0 aliphatic carbocycles. The number of carbonyl (C=O) groups excluding carboxylic acids is 1. The van der Waals surface area contributed by atoms with Gasteiger partial charge in [0.15, 0.2) is 5.78 Å². The number of hydrogen-bond acceptors (Lipinski definition) is 1. The van der Waals surface area contributed by atoms with Gasteiger partial charge in [0.05, 0.1) is 0 Å². The van der Waals surface area contributed by atoms with Gasteiger partial charge in [-0.15, -0.1) is 0 Å². The summed E-state index contributed by atoms with van der Waals surface area (Å²) in [5, 5.41) is 0. The predicted molar refractivity (Wildman–Crippen MR) is 82.9 cm³/mol. The molecule has 1 nitrogen and oxygen atoms in total. The van der Waals surface area contributed by atoms with Gasteiger partial charge in [0.25, 0.3) is 0 Å². The predicted octanol–water partition coefficient (Wildman–Crippen LogP) is 5.63. The molecule has 0 aliphatic rings. The van der Waals surface area contributed by atoms with Crippen molar-refractivity contribution in [3.05, 3.63) is 34.9 Å². The molecule has 0 saturated carbocycles. The van der Waals surface area contributed by atoms with Crippen molar-refractivity contribution < 1.29 is 4.79 Å². The third kappa shape index (κ3) is 5.59. The van der Waals surface area contributed by atoms with Crippen LogP contribution in [0.5, 0.6) is 0 Å². The van der Waals surface area contributed by atoms with Crippen molar-refractivity contribution in [2.75, 3.05) is 0 Å². The fourth-order valence-electron chi connectivity index (χ4n) is 2.43. The van der Waals surface area contributed by atoms with Crippen molar-refractivity contribution in [3.63, 3.8) is 0 Å². The molecule has 106 valence electrons. The van der Waals surface area contributed by atoms with Crippen LogP contribution in [0.15, 0.2) is 18.2 Å². The van der Waals surface area contributed by atoms with Crippen LogP contribution in [0.3, 0.4) is 0 Å². The highest BCUT2D eigenvalue weighted by atomic mass is 16.1. The first-order valence-electron chi connectivity index (χ1n) is 7.76. The quantitative estimate of drug-likeness (QED) is 0.415. The lowest BCUT2D eigenvalue weighted by Crippen LogP contribution is -2.02. The summed E-state index contributed by atoms with van der Waals surface area (Å²) in [5.41, 5.74) is 3.28. The summed E-state index contributed by atoms with van der Waals surface area (Å²) in [6, 6.07) is 6.02. The zero-order valence-electron chi connectivity index (χ0n) is 12.8. The van der Waals surface area contributed by atoms with E-state index >= 15 is 0 Å². The lowest BCUT2D eigenvalue weighted by molar-refractivity contribution is 0.0978. The Labute approximate surface area is 118 Å². The molecule has 0 aliphatic heterocycles. The third-order valence-electron chi connectivity index (χ3n) is 3.91. The molecule has 19 heavy (non-hydrogen) atoms. The molecule has 1 aromatic carbocycles. The molecule has 0 bridgehead atoms. The second-order valence-electron chi connectivity index (χ2n) is 5.54. The maximum Gasteiger partial charge on any atom is 0.163 e. The highest BCUT2D eigenvalue weighted by Crippen LogP contribution is 2.16. The van der Waals surface area contributed by atoms with Crippen molar-refractivity contribution in [2.24, 2.45) is 0 Å². The van der Waals surface area contributed by atoms with Crippen LogP contribution < -0.4 is 0 Å². The van der Waals surface area contributed by atoms with E-state index in [0.717, 1.165) is 17.5 Å². The molecule has 1 aromatic rings. The number of ketones is 1. The van der Waals surface area contributed by atoms with Gasteiger partial charge in [-0.25, -0.2) is 0 Å². The highest BCUT2D eigenvalue weighted by molar-refractivity contribution is 5.97. The SMILES string of the molecule is CCCCCCCCCC(=O)c1cccc(C)c1C. The molecule has 0 saturated heterocycles. The average molecular weight is 260 g/mol. The minimum atomic E-state index is 0.315. The molecular formula is C18H28O. The van der Waals surface area contributed by atoms with Crippen LogP contribution >= 0.6 is 0 Å². The molecule has 0 atom stereocenters. The lowest BCUT2D eigenvalue weighted by Gasteiger charge is -2.07. The van der Waals surface area contributed by atoms with Gasteiger partial charge < -0.3 is 0 Å². The van der Waals surface area contributed by atoms with Crippen molar-refractivity contribution in [1.29, 1.82) is 0 Å². The van der Waals surface area contributed by atoms with Crippen LogP contribution in [-0.4, -0.2) is 5.78 Å². The number of benzene rings is 1. The van der Waals surface area contributed by atoms with Crippen LogP contribution in [0.25, 0.3) is 0 Å². The van der Waals surface area contributed by atoms with Crippen molar-refractivity contribution in [1.82, 2.24) is 0 Å². The van der Waals surface area contributed by atoms with Gasteiger partial charge in [0.2, 0.25) is 0 Å². The summed E-state index contributed by atoms with van der Waals surface area (Å²) in [6.07, 6.45) is 9.54. The number of aryl methyl sites for hydroxylation is 1. The van der Waals surface area contributed by atoms with Crippen LogP contribution in [-0.2, 0) is 0 Å². The molecule has 0 unspecified atom stereocenters. The number of carbonyl (C=O) groups is 1. The normalized spacial score (nSPS) is 10.7. The zero-order valence-corrected chi connectivity index (χ0v) is 12.8. The summed E-state index contributed by atoms with van der Waals surface area (Å²) in [6.45, 7) is 6.36. The molecule has 0 fully saturated rings. The van der Waals surface area contributed by atoms with E-state index < -0.39 is 0 Å². The Kier molecular flexibility index (Phi) is 7.47. The highest BCUT2D eigenvalue weighted by Gasteiger charge is 2.09. The zero-order chi connectivity index (χ0) is 14.1. The summed E-state index contributed by atoms with van der Waals surface area (Å²) < 4.78 is 0. The van der Waals surface area contributed by atoms with E-state index in [2.05, 4.69) is 19.9 Å². The Bertz CT molecular complexity index is 393. The smallest absolute Gasteiger partial charge is 0.163 e. The maximum absolute atomic E-state index is 12.2. The van der Waals surface area contributed by atoms with Crippen LogP contribution in [0, 0.1) is 13.8 Å². The monoisotopic (exact) mass is 260 g/mol. The van der Waals surface area contributed by atoms with E-state index in [1.54, 1.807) is 0 Å². The third-order valence-corrected chi connectivity index (χ3v) is 3.91. The Hall–Kier alpha value is -1.11. The molecule has 0 spiro atoms. The molecule has 0 aromatic heterocycles. The van der Waals surface area contributed by atoms with Crippen LogP contribution in [0.1, 0.15) is 79.8 Å². The van der Waals surface area contributed by atoms with Crippen molar-refractivity contribution >= 4 is 5.78 Å². The second-order valence-corrected chi connectivity index (χ2v) is 5.54. The fourth-order valence-corrected chi connectivity index (χ4v) is 2.43. The Morgan fingerprint density at radius 3 is 2.26 bits per heavy atom. The first kappa shape index (κ1) is 15.9. The number of hydrogen-bond donors (Lipinski definition) is 0. The van der Waals surface area contributed by atoms with E-state index in [0.29, 0.717) is 12.2 Å². The molecule has 0 amide bonds. The Balaban J connectivity index is 2.26. The molecular weight excluding hydrogens is 232 g/mol. The number of rotatable bonds is 9. The van der Waals surface area contributed by atoms with E-state index in [1.807, 2.05) is 19.1 Å². The summed E-state index contributed by atoms with van der Waals surface area (Å²) in [5.74, 6) is 0.315. The van der Waals surface area contributed by atoms with Crippen LogP contribution in [0.4, 0.5) is 0 Å². The lowest BCUT2D eigenvalue weighted by atomic mass is 9.97. The van der Waals surface area contributed by atoms with E-state index in [1.165, 1.54) is 44.1 Å². The molecule has 0 N–H and O–H groups in total. The van der Waals surface area contributed by atoms with Crippen molar-refractivity contribution in [3.8, 4) is 0 Å². The van der Waals surface area contributed by atoms with Gasteiger partial charge in [-0.2, -0.15) is 0 Å². The van der Waals surface area contributed by atoms with E-state index in [-0.39, 0.29) is 0 Å². The summed E-state index contributed by atoms with van der Waals surface area (Å²) in [7, 11) is 0. The van der Waals surface area contributed by atoms with Gasteiger partial charge >= 0.3 is 0 Å². The standard InChI is InChI=1S/C18H28O/c1-4-5-6-7-8-9-10-14-18(19)17-13-11-12-15(2)16(17)3/h11-13H,4-10,14H2,1-3H3. The molecule has 1 rings (SSSR count). The van der Waals surface area contributed by atoms with Gasteiger partial charge in [-0.1, -0.05) is 63.6 Å². The van der Waals surface area contributed by atoms with Gasteiger partial charge in [-0.05, 0) is 31.4 Å². The fraction of sp³-hybridized carbons (Fsp3) is 0.611. The maximum atomic E-state index is 12.2. The minimum Gasteiger partial charge on any atom is -0.294 e. The van der Waals surface area contributed by atoms with Gasteiger partial charge in [0, 0.05) is 12.0 Å². The second kappa shape index (κ2) is 8.90. The topological polar surface area (TPSA) is 17.1 Å². The largest absolute Gasteiger partial charge is 0.294 e. The minimum absolute atomic E-state index is 0.315. The van der Waals surface area contributed by atoms with Crippen LogP contribution in [0.2, 0.25) is 0 Å². The molecule has 1 heteroatoms. The Morgan fingerprint density at radius 2 is 1.58 bits per heavy atom.